The molecular formula is C8H22NO6SSi+. The van der Waals surface area contributed by atoms with Gasteiger partial charge in [-0.25, -0.2) is 0 Å². The Morgan fingerprint density at radius 1 is 1.06 bits per heavy atom. The smallest absolute Gasteiger partial charge is 0.390 e. The predicted molar refractivity (Wildman–Crippen MR) is 64.7 cm³/mol. The first-order valence-corrected chi connectivity index (χ1v) is 9.01. The number of hydrogen-bond acceptors (Lipinski definition) is 5. The fraction of sp³-hybridized carbons (Fsp3) is 1.00. The fourth-order valence-corrected chi connectivity index (χ4v) is 2.66. The Labute approximate surface area is 103 Å². The van der Waals surface area contributed by atoms with Gasteiger partial charge in [-0.05, 0) is 0 Å². The molecule has 17 heavy (non-hydrogen) atoms. The van der Waals surface area contributed by atoms with Gasteiger partial charge in [-0.15, -0.1) is 0 Å². The zero-order valence-electron chi connectivity index (χ0n) is 10.2. The van der Waals surface area contributed by atoms with Crippen LogP contribution in [-0.4, -0.2) is 73.6 Å². The zero-order valence-corrected chi connectivity index (χ0v) is 12.0. The van der Waals surface area contributed by atoms with E-state index in [0.717, 1.165) is 0 Å². The van der Waals surface area contributed by atoms with Crippen molar-refractivity contribution in [3.05, 3.63) is 0 Å². The first-order chi connectivity index (χ1) is 7.41. The minimum absolute atomic E-state index is 0.0209. The molecule has 0 aliphatic rings. The summed E-state index contributed by atoms with van der Waals surface area (Å²) in [4.78, 5) is 26.5. The maximum Gasteiger partial charge on any atom is 0.492 e. The molecule has 7 nitrogen and oxygen atoms in total. The highest BCUT2D eigenvalue weighted by Crippen LogP contribution is 2.08. The summed E-state index contributed by atoms with van der Waals surface area (Å²) in [5.74, 6) is -0.270. The number of hydrogen-bond donors (Lipinski definition) is 4. The van der Waals surface area contributed by atoms with Crippen molar-refractivity contribution in [1.29, 1.82) is 0 Å². The van der Waals surface area contributed by atoms with Crippen molar-refractivity contribution in [2.24, 2.45) is 0 Å². The summed E-state index contributed by atoms with van der Waals surface area (Å²) in [6.07, 6.45) is 0.792. The summed E-state index contributed by atoms with van der Waals surface area (Å²) in [5.41, 5.74) is 0. The maximum atomic E-state index is 10.5. The molecule has 0 rings (SSSR count). The second-order valence-corrected chi connectivity index (χ2v) is 8.52. The third-order valence-corrected chi connectivity index (χ3v) is 4.27. The molecule has 0 spiro atoms. The minimum Gasteiger partial charge on any atom is -0.390 e. The Bertz CT molecular complexity index is 323. The van der Waals surface area contributed by atoms with E-state index in [4.69, 9.17) is 18.9 Å². The predicted octanol–water partition coefficient (Wildman–Crippen LogP) is -1.35. The monoisotopic (exact) mass is 288 g/mol. The molecule has 0 unspecified atom stereocenters. The van der Waals surface area contributed by atoms with Crippen molar-refractivity contribution in [2.75, 3.05) is 32.9 Å². The maximum absolute atomic E-state index is 10.5. The van der Waals surface area contributed by atoms with Gasteiger partial charge < -0.3 is 18.9 Å². The van der Waals surface area contributed by atoms with Gasteiger partial charge in [0.1, 0.15) is 0 Å². The van der Waals surface area contributed by atoms with Gasteiger partial charge in [-0.1, -0.05) is 0 Å². The summed E-state index contributed by atoms with van der Waals surface area (Å²) in [5, 5.41) is 0. The largest absolute Gasteiger partial charge is 0.492 e. The lowest BCUT2D eigenvalue weighted by atomic mass is 10.3. The van der Waals surface area contributed by atoms with Gasteiger partial charge in [0.25, 0.3) is 10.1 Å². The van der Waals surface area contributed by atoms with E-state index < -0.39 is 18.9 Å². The van der Waals surface area contributed by atoms with Crippen LogP contribution in [0.3, 0.4) is 0 Å². The van der Waals surface area contributed by atoms with Gasteiger partial charge in [0.2, 0.25) is 0 Å². The molecule has 9 heteroatoms. The summed E-state index contributed by atoms with van der Waals surface area (Å²) < 4.78 is 30.1. The summed E-state index contributed by atoms with van der Waals surface area (Å²) in [7, 11) is -4.13. The van der Waals surface area contributed by atoms with Gasteiger partial charge in [0.15, 0.2) is 0 Å². The van der Waals surface area contributed by atoms with Crippen molar-refractivity contribution < 1.29 is 31.8 Å². The summed E-state index contributed by atoms with van der Waals surface area (Å²) in [6, 6.07) is -0.0209. The van der Waals surface area contributed by atoms with Gasteiger partial charge in [0.05, 0.1) is 32.9 Å². The van der Waals surface area contributed by atoms with Crippen molar-refractivity contribution in [3.8, 4) is 0 Å². The Balaban J connectivity index is 3.88. The van der Waals surface area contributed by atoms with E-state index in [1.165, 1.54) is 0 Å². The molecule has 0 atom stereocenters. The molecule has 0 aliphatic heterocycles. The highest BCUT2D eigenvalue weighted by atomic mass is 32.2. The van der Waals surface area contributed by atoms with Crippen LogP contribution in [0.4, 0.5) is 0 Å². The highest BCUT2D eigenvalue weighted by molar-refractivity contribution is 7.85. The van der Waals surface area contributed by atoms with Crippen LogP contribution in [0, 0.1) is 0 Å². The molecule has 4 N–H and O–H groups in total. The first kappa shape index (κ1) is 17.0. The second kappa shape index (κ2) is 6.23. The molecule has 0 saturated carbocycles. The van der Waals surface area contributed by atoms with Crippen LogP contribution < -0.4 is 0 Å². The standard InChI is InChI=1S/C8H21NO6SSi/c1-9(2,5-3-7-16(10,11)12)6-4-8-17(13,14)15/h13-15H,3-8H2,1-2H3/p+1. The van der Waals surface area contributed by atoms with E-state index in [1.54, 1.807) is 0 Å². The van der Waals surface area contributed by atoms with Gasteiger partial charge in [0, 0.05) is 18.9 Å². The molecule has 0 bridgehead atoms. The minimum atomic E-state index is -3.96. The number of rotatable bonds is 8. The Kier molecular flexibility index (Phi) is 6.21. The molecule has 0 saturated heterocycles. The van der Waals surface area contributed by atoms with E-state index in [1.807, 2.05) is 14.1 Å². The number of quaternary nitrogens is 1. The third-order valence-electron chi connectivity index (χ3n) is 2.44. The van der Waals surface area contributed by atoms with E-state index in [2.05, 4.69) is 0 Å². The SMILES string of the molecule is C[N+](C)(CCC[Si](O)(O)O)CCCS(=O)(=O)O. The van der Waals surface area contributed by atoms with E-state index >= 15 is 0 Å². The lowest BCUT2D eigenvalue weighted by Gasteiger charge is -2.30. The van der Waals surface area contributed by atoms with Gasteiger partial charge in [-0.2, -0.15) is 8.42 Å². The molecule has 0 aromatic heterocycles. The second-order valence-electron chi connectivity index (χ2n) is 4.90. The molecule has 0 aliphatic carbocycles. The lowest BCUT2D eigenvalue weighted by Crippen LogP contribution is -2.43. The van der Waals surface area contributed by atoms with Crippen molar-refractivity contribution in [3.63, 3.8) is 0 Å². The van der Waals surface area contributed by atoms with Crippen molar-refractivity contribution >= 4 is 18.9 Å². The van der Waals surface area contributed by atoms with Crippen LogP contribution in [0.5, 0.6) is 0 Å². The molecule has 104 valence electrons. The van der Waals surface area contributed by atoms with Gasteiger partial charge >= 0.3 is 8.80 Å². The lowest BCUT2D eigenvalue weighted by molar-refractivity contribution is -0.890. The molecule has 0 radical (unpaired) electrons. The quantitative estimate of drug-likeness (QED) is 0.249. The van der Waals surface area contributed by atoms with Crippen LogP contribution in [0.25, 0.3) is 0 Å². The van der Waals surface area contributed by atoms with E-state index in [0.29, 0.717) is 30.4 Å². The number of nitrogens with zero attached hydrogens (tertiary/aromatic N) is 1. The molecule has 0 heterocycles. The average molecular weight is 288 g/mol. The molecule has 0 aromatic rings. The van der Waals surface area contributed by atoms with Crippen LogP contribution in [0.15, 0.2) is 0 Å². The van der Waals surface area contributed by atoms with Crippen LogP contribution in [-0.2, 0) is 10.1 Å². The van der Waals surface area contributed by atoms with Crippen LogP contribution in [0.2, 0.25) is 6.04 Å². The van der Waals surface area contributed by atoms with Crippen LogP contribution >= 0.6 is 0 Å². The molecule has 0 aromatic carbocycles. The Morgan fingerprint density at radius 3 is 1.94 bits per heavy atom. The van der Waals surface area contributed by atoms with Crippen LogP contribution in [0.1, 0.15) is 12.8 Å². The Morgan fingerprint density at radius 2 is 1.53 bits per heavy atom. The third kappa shape index (κ3) is 12.2. The Hall–Kier alpha value is -0.0331. The normalized spacial score (nSPS) is 14.0. The topological polar surface area (TPSA) is 115 Å². The van der Waals surface area contributed by atoms with Gasteiger partial charge in [-0.3, -0.25) is 4.55 Å². The molecule has 0 amide bonds. The first-order valence-electron chi connectivity index (χ1n) is 5.36. The van der Waals surface area contributed by atoms with Crippen molar-refractivity contribution in [2.45, 2.75) is 18.9 Å². The highest BCUT2D eigenvalue weighted by Gasteiger charge is 2.27. The van der Waals surface area contributed by atoms with E-state index in [-0.39, 0.29) is 11.8 Å². The molecular weight excluding hydrogens is 266 g/mol. The van der Waals surface area contributed by atoms with E-state index in [9.17, 15) is 8.42 Å². The average Bonchev–Trinajstić information content (AvgIpc) is 1.96. The molecule has 0 fully saturated rings. The fourth-order valence-electron chi connectivity index (χ4n) is 1.53. The van der Waals surface area contributed by atoms with Crippen molar-refractivity contribution in [1.82, 2.24) is 0 Å². The zero-order chi connectivity index (χ0) is 13.7. The summed E-state index contributed by atoms with van der Waals surface area (Å²) >= 11 is 0. The summed E-state index contributed by atoms with van der Waals surface area (Å²) in [6.45, 7) is 1.15.